The molecular weight excluding hydrogens is 415 g/mol. The van der Waals surface area contributed by atoms with E-state index < -0.39 is 26.9 Å². The van der Waals surface area contributed by atoms with E-state index in [9.17, 15) is 21.6 Å². The molecule has 0 amide bonds. The number of benzene rings is 2. The zero-order valence-corrected chi connectivity index (χ0v) is 16.4. The van der Waals surface area contributed by atoms with Crippen LogP contribution >= 0.6 is 11.6 Å². The molecule has 0 spiro atoms. The van der Waals surface area contributed by atoms with Crippen molar-refractivity contribution in [3.05, 3.63) is 58.9 Å². The number of hydrogen-bond donors (Lipinski definition) is 1. The lowest BCUT2D eigenvalue weighted by atomic mass is 10.1. The molecule has 3 aromatic rings. The molecule has 5 nitrogen and oxygen atoms in total. The first-order valence-electron chi connectivity index (χ1n) is 8.38. The fourth-order valence-electron chi connectivity index (χ4n) is 2.78. The summed E-state index contributed by atoms with van der Waals surface area (Å²) in [6.07, 6.45) is -4.38. The lowest BCUT2D eigenvalue weighted by molar-refractivity contribution is -0.141. The highest BCUT2D eigenvalue weighted by atomic mass is 35.5. The highest BCUT2D eigenvalue weighted by Crippen LogP contribution is 2.35. The number of fused-ring (bicyclic) bond motifs is 1. The maximum atomic E-state index is 12.8. The Labute approximate surface area is 165 Å². The Hall–Kier alpha value is -2.10. The monoisotopic (exact) mass is 431 g/mol. The van der Waals surface area contributed by atoms with Gasteiger partial charge in [-0.1, -0.05) is 41.9 Å². The van der Waals surface area contributed by atoms with Gasteiger partial charge in [0, 0.05) is 13.1 Å². The van der Waals surface area contributed by atoms with Gasteiger partial charge in [-0.25, -0.2) is 13.1 Å². The summed E-state index contributed by atoms with van der Waals surface area (Å²) >= 11 is 5.70. The van der Waals surface area contributed by atoms with Crippen LogP contribution in [0.4, 0.5) is 13.2 Å². The van der Waals surface area contributed by atoms with Crippen molar-refractivity contribution in [1.82, 2.24) is 14.5 Å². The molecule has 150 valence electrons. The molecule has 0 aliphatic rings. The van der Waals surface area contributed by atoms with Gasteiger partial charge in [0.05, 0.1) is 15.6 Å². The number of hydrogen-bond acceptors (Lipinski definition) is 3. The SMILES string of the molecule is Cc1c(Cl)c(C(F)(F)F)nn1CCCNS(=O)(=O)c1ccc2ccccc2c1. The van der Waals surface area contributed by atoms with Crippen molar-refractivity contribution < 1.29 is 21.6 Å². The first-order chi connectivity index (χ1) is 13.1. The van der Waals surface area contributed by atoms with Gasteiger partial charge >= 0.3 is 6.18 Å². The van der Waals surface area contributed by atoms with Gasteiger partial charge in [-0.15, -0.1) is 0 Å². The highest BCUT2D eigenvalue weighted by Gasteiger charge is 2.38. The summed E-state index contributed by atoms with van der Waals surface area (Å²) in [4.78, 5) is 0.129. The van der Waals surface area contributed by atoms with E-state index in [0.717, 1.165) is 15.5 Å². The number of nitrogens with zero attached hydrogens (tertiary/aromatic N) is 2. The van der Waals surface area contributed by atoms with Gasteiger partial charge < -0.3 is 0 Å². The second-order valence-corrected chi connectivity index (χ2v) is 8.37. The van der Waals surface area contributed by atoms with Gasteiger partial charge in [-0.2, -0.15) is 18.3 Å². The number of nitrogens with one attached hydrogen (secondary N) is 1. The number of alkyl halides is 3. The molecule has 10 heteroatoms. The van der Waals surface area contributed by atoms with E-state index in [1.54, 1.807) is 12.1 Å². The first kappa shape index (κ1) is 20.6. The molecule has 2 aromatic carbocycles. The second kappa shape index (κ2) is 7.73. The third-order valence-corrected chi connectivity index (χ3v) is 6.18. The van der Waals surface area contributed by atoms with Gasteiger partial charge in [0.1, 0.15) is 0 Å². The minimum absolute atomic E-state index is 0.0490. The predicted molar refractivity (Wildman–Crippen MR) is 101 cm³/mol. The fourth-order valence-corrected chi connectivity index (χ4v) is 4.13. The molecular formula is C18H17ClF3N3O2S. The zero-order valence-electron chi connectivity index (χ0n) is 14.8. The molecule has 0 aliphatic heterocycles. The smallest absolute Gasteiger partial charge is 0.268 e. The van der Waals surface area contributed by atoms with Gasteiger partial charge in [0.15, 0.2) is 5.69 Å². The van der Waals surface area contributed by atoms with E-state index >= 15 is 0 Å². The van der Waals surface area contributed by atoms with Gasteiger partial charge in [0.25, 0.3) is 0 Å². The molecule has 28 heavy (non-hydrogen) atoms. The van der Waals surface area contributed by atoms with E-state index in [4.69, 9.17) is 11.6 Å². The molecule has 0 bridgehead atoms. The molecule has 0 saturated carbocycles. The van der Waals surface area contributed by atoms with Crippen LogP contribution < -0.4 is 4.72 Å². The van der Waals surface area contributed by atoms with Crippen LogP contribution in [-0.4, -0.2) is 24.7 Å². The number of halogens is 4. The fraction of sp³-hybridized carbons (Fsp3) is 0.278. The summed E-state index contributed by atoms with van der Waals surface area (Å²) < 4.78 is 67.0. The third kappa shape index (κ3) is 4.31. The molecule has 0 aliphatic carbocycles. The van der Waals surface area contributed by atoms with E-state index in [2.05, 4.69) is 9.82 Å². The van der Waals surface area contributed by atoms with Crippen molar-refractivity contribution in [1.29, 1.82) is 0 Å². The molecule has 0 saturated heterocycles. The zero-order chi connectivity index (χ0) is 20.5. The Morgan fingerprint density at radius 2 is 1.82 bits per heavy atom. The van der Waals surface area contributed by atoms with Gasteiger partial charge in [-0.3, -0.25) is 4.68 Å². The van der Waals surface area contributed by atoms with Crippen LogP contribution in [0.5, 0.6) is 0 Å². The lowest BCUT2D eigenvalue weighted by Gasteiger charge is -2.09. The van der Waals surface area contributed by atoms with Crippen LogP contribution in [0.2, 0.25) is 5.02 Å². The molecule has 1 heterocycles. The van der Waals surface area contributed by atoms with Crippen molar-refractivity contribution in [2.45, 2.75) is 31.0 Å². The number of aryl methyl sites for hydroxylation is 1. The Balaban J connectivity index is 1.64. The molecule has 0 fully saturated rings. The summed E-state index contributed by atoms with van der Waals surface area (Å²) in [6, 6.07) is 12.2. The quantitative estimate of drug-likeness (QED) is 0.589. The summed E-state index contributed by atoms with van der Waals surface area (Å²) in [6.45, 7) is 1.58. The van der Waals surface area contributed by atoms with Crippen molar-refractivity contribution >= 4 is 32.4 Å². The third-order valence-electron chi connectivity index (χ3n) is 4.27. The Morgan fingerprint density at radius 1 is 1.14 bits per heavy atom. The Morgan fingerprint density at radius 3 is 2.46 bits per heavy atom. The molecule has 0 atom stereocenters. The maximum Gasteiger partial charge on any atom is 0.436 e. The summed E-state index contributed by atoms with van der Waals surface area (Å²) in [5.74, 6) is 0. The standard InChI is InChI=1S/C18H17ClF3N3O2S/c1-12-16(19)17(18(20,21)22)24-25(12)10-4-9-23-28(26,27)15-8-7-13-5-2-3-6-14(13)11-15/h2-3,5-8,11,23H,4,9-10H2,1H3. The van der Waals surface area contributed by atoms with Crippen LogP contribution in [0.3, 0.4) is 0 Å². The van der Waals surface area contributed by atoms with Crippen LogP contribution in [0.1, 0.15) is 17.8 Å². The van der Waals surface area contributed by atoms with Crippen LogP contribution in [0, 0.1) is 6.92 Å². The van der Waals surface area contributed by atoms with Crippen molar-refractivity contribution in [3.8, 4) is 0 Å². The molecule has 3 rings (SSSR count). The topological polar surface area (TPSA) is 64.0 Å². The van der Waals surface area contributed by atoms with E-state index in [-0.39, 0.29) is 30.1 Å². The van der Waals surface area contributed by atoms with Gasteiger partial charge in [-0.05, 0) is 36.2 Å². The predicted octanol–water partition coefficient (Wildman–Crippen LogP) is 4.39. The Kier molecular flexibility index (Phi) is 5.69. The average Bonchev–Trinajstić information content (AvgIpc) is 2.93. The van der Waals surface area contributed by atoms with Gasteiger partial charge in [0.2, 0.25) is 10.0 Å². The number of aromatic nitrogens is 2. The van der Waals surface area contributed by atoms with Crippen LogP contribution in [0.15, 0.2) is 47.4 Å². The van der Waals surface area contributed by atoms with Crippen molar-refractivity contribution in [3.63, 3.8) is 0 Å². The van der Waals surface area contributed by atoms with E-state index in [1.165, 1.54) is 13.0 Å². The van der Waals surface area contributed by atoms with Crippen LogP contribution in [-0.2, 0) is 22.7 Å². The van der Waals surface area contributed by atoms with E-state index in [1.807, 2.05) is 24.3 Å². The number of sulfonamides is 1. The normalized spacial score (nSPS) is 12.6. The average molecular weight is 432 g/mol. The minimum Gasteiger partial charge on any atom is -0.268 e. The van der Waals surface area contributed by atoms with E-state index in [0.29, 0.717) is 0 Å². The largest absolute Gasteiger partial charge is 0.436 e. The Bertz CT molecular complexity index is 1110. The molecule has 0 unspecified atom stereocenters. The lowest BCUT2D eigenvalue weighted by Crippen LogP contribution is -2.25. The molecule has 0 radical (unpaired) electrons. The summed E-state index contributed by atoms with van der Waals surface area (Å²) in [5, 5.41) is 4.77. The maximum absolute atomic E-state index is 12.8. The summed E-state index contributed by atoms with van der Waals surface area (Å²) in [5.41, 5.74) is -0.949. The highest BCUT2D eigenvalue weighted by molar-refractivity contribution is 7.89. The van der Waals surface area contributed by atoms with Crippen molar-refractivity contribution in [2.24, 2.45) is 0 Å². The molecule has 1 N–H and O–H groups in total. The van der Waals surface area contributed by atoms with Crippen LogP contribution in [0.25, 0.3) is 10.8 Å². The first-order valence-corrected chi connectivity index (χ1v) is 10.2. The molecule has 1 aromatic heterocycles. The second-order valence-electron chi connectivity index (χ2n) is 6.23. The summed E-state index contributed by atoms with van der Waals surface area (Å²) in [7, 11) is -3.73. The van der Waals surface area contributed by atoms with Crippen molar-refractivity contribution in [2.75, 3.05) is 6.54 Å². The minimum atomic E-state index is -4.63. The number of rotatable bonds is 6.